The number of aliphatic imine (C=N–C) groups is 2. The Balaban J connectivity index is 2.26. The molecule has 428 valence electrons. The number of carbonyl (C=O) groups is 9. The number of unbranched alkanes of at least 4 members (excludes halogenated alkanes) is 1. The van der Waals surface area contributed by atoms with E-state index in [1.54, 1.807) is 13.8 Å². The highest BCUT2D eigenvalue weighted by molar-refractivity contribution is 5.98. The van der Waals surface area contributed by atoms with E-state index in [2.05, 4.69) is 57.2 Å². The molecule has 0 radical (unpaired) electrons. The Hall–Kier alpha value is -7.10. The third kappa shape index (κ3) is 24.1. The van der Waals surface area contributed by atoms with Crippen LogP contribution >= 0.6 is 0 Å². The van der Waals surface area contributed by atoms with Crippen molar-refractivity contribution >= 4 is 65.1 Å². The average molecular weight is 1080 g/mol. The van der Waals surface area contributed by atoms with Gasteiger partial charge in [-0.1, -0.05) is 41.5 Å². The second-order valence-electron chi connectivity index (χ2n) is 20.2. The van der Waals surface area contributed by atoms with Crippen molar-refractivity contribution in [2.45, 2.75) is 167 Å². The van der Waals surface area contributed by atoms with Gasteiger partial charge in [-0.3, -0.25) is 48.3 Å². The van der Waals surface area contributed by atoms with Crippen LogP contribution in [0.25, 0.3) is 0 Å². The maximum Gasteiger partial charge on any atom is 0.326 e. The Morgan fingerprint density at radius 1 is 0.684 bits per heavy atom. The third-order valence-electron chi connectivity index (χ3n) is 12.3. The minimum absolute atomic E-state index is 0.0299. The number of H-pyrrole nitrogens is 1. The number of carbonyl (C=O) groups excluding carboxylic acids is 8. The minimum atomic E-state index is -1.33. The Morgan fingerprint density at radius 2 is 1.22 bits per heavy atom. The van der Waals surface area contributed by atoms with Crippen molar-refractivity contribution in [3.8, 4) is 0 Å². The largest absolute Gasteiger partial charge is 0.480 e. The van der Waals surface area contributed by atoms with E-state index < -0.39 is 114 Å². The van der Waals surface area contributed by atoms with Crippen LogP contribution in [-0.2, 0) is 49.6 Å². The standard InChI is InChI=1S/C48H86N18O10/c1-26(2)20-33(62-39(68)30(50)12-9-17-56-47(51)52)41(70)63-34(21-27(3)4)42(71)64-35(22-29-23-55-25-59-29)43(72)65-38(28(5)6)45(74)60-31(13-7-8-16-49)40(69)58-24-37(67)66-19-11-15-36(66)44(73)61-32(46(75)76)14-10-18-57-48(53)54/h23,25-28,30-36,38H,7-22,24,49-50H2,1-6H3,(H,55,59)(H,58,69)(H,60,74)(H,61,73)(H,62,68)(H,63,70)(H,64,71)(H,65,72)(H,75,76)(H4,51,52,56)(H4,53,54,57)/t30-,31-,32-,33-,34-,35-,36-,38-/m0/s1. The van der Waals surface area contributed by atoms with Gasteiger partial charge in [0, 0.05) is 37.9 Å². The number of nitrogens with two attached hydrogens (primary N) is 6. The van der Waals surface area contributed by atoms with Crippen molar-refractivity contribution in [1.82, 2.24) is 52.1 Å². The van der Waals surface area contributed by atoms with Gasteiger partial charge in [0.2, 0.25) is 47.3 Å². The average Bonchev–Trinajstić information content (AvgIpc) is 4.06. The molecule has 1 aliphatic heterocycles. The molecular formula is C48H86N18O10. The van der Waals surface area contributed by atoms with Gasteiger partial charge in [-0.25, -0.2) is 9.78 Å². The number of rotatable bonds is 35. The first kappa shape index (κ1) is 65.0. The molecule has 0 spiro atoms. The van der Waals surface area contributed by atoms with Crippen LogP contribution in [0.15, 0.2) is 22.5 Å². The zero-order valence-corrected chi connectivity index (χ0v) is 44.9. The van der Waals surface area contributed by atoms with E-state index in [1.165, 1.54) is 17.4 Å². The number of imidazole rings is 1. The van der Waals surface area contributed by atoms with Crippen LogP contribution < -0.4 is 71.6 Å². The van der Waals surface area contributed by atoms with E-state index in [0.717, 1.165) is 0 Å². The number of nitrogens with zero attached hydrogens (tertiary/aromatic N) is 4. The first-order valence-corrected chi connectivity index (χ1v) is 26.0. The number of hydrogen-bond acceptors (Lipinski definition) is 14. The molecule has 28 nitrogen and oxygen atoms in total. The van der Waals surface area contributed by atoms with Crippen LogP contribution in [0.3, 0.4) is 0 Å². The van der Waals surface area contributed by atoms with Crippen molar-refractivity contribution in [3.63, 3.8) is 0 Å². The van der Waals surface area contributed by atoms with Crippen LogP contribution in [0.4, 0.5) is 0 Å². The summed E-state index contributed by atoms with van der Waals surface area (Å²) >= 11 is 0. The SMILES string of the molecule is CC(C)C[C@H](NC(=O)[C@H](CC(C)C)NC(=O)[C@@H](N)CCCN=C(N)N)C(=O)N[C@@H](Cc1cnc[nH]1)C(=O)N[C@H](C(=O)N[C@@H](CCCCN)C(=O)NCC(=O)N1CCC[C@H]1C(=O)N[C@@H](CCCN=C(N)N)C(=O)O)C(C)C. The van der Waals surface area contributed by atoms with Gasteiger partial charge >= 0.3 is 5.97 Å². The van der Waals surface area contributed by atoms with Gasteiger partial charge in [-0.05, 0) is 94.9 Å². The highest BCUT2D eigenvalue weighted by Crippen LogP contribution is 2.19. The van der Waals surface area contributed by atoms with E-state index in [0.29, 0.717) is 37.9 Å². The van der Waals surface area contributed by atoms with Crippen LogP contribution in [-0.4, -0.2) is 166 Å². The highest BCUT2D eigenvalue weighted by atomic mass is 16.4. The van der Waals surface area contributed by atoms with Gasteiger partial charge in [-0.2, -0.15) is 0 Å². The van der Waals surface area contributed by atoms with Crippen molar-refractivity contribution in [1.29, 1.82) is 0 Å². The summed E-state index contributed by atoms with van der Waals surface area (Å²) in [6.45, 7) is 11.1. The van der Waals surface area contributed by atoms with Crippen molar-refractivity contribution < 1.29 is 48.3 Å². The van der Waals surface area contributed by atoms with Crippen molar-refractivity contribution in [2.24, 2.45) is 62.1 Å². The number of aromatic nitrogens is 2. The number of aromatic amines is 1. The first-order chi connectivity index (χ1) is 35.8. The molecule has 8 amide bonds. The summed E-state index contributed by atoms with van der Waals surface area (Å²) in [4.78, 5) is 138. The lowest BCUT2D eigenvalue weighted by molar-refractivity contribution is -0.144. The van der Waals surface area contributed by atoms with E-state index in [1.807, 2.05) is 27.7 Å². The van der Waals surface area contributed by atoms with Crippen LogP contribution in [0.2, 0.25) is 0 Å². The van der Waals surface area contributed by atoms with E-state index in [9.17, 15) is 48.3 Å². The summed E-state index contributed by atoms with van der Waals surface area (Å²) in [5.74, 6) is -7.72. The number of aliphatic carboxylic acids is 1. The molecule has 1 aromatic heterocycles. The second kappa shape index (κ2) is 33.7. The molecule has 0 aromatic carbocycles. The van der Waals surface area contributed by atoms with Gasteiger partial charge in [0.25, 0.3) is 0 Å². The number of hydrogen-bond donors (Lipinski definition) is 15. The molecular weight excluding hydrogens is 989 g/mol. The predicted octanol–water partition coefficient (Wildman–Crippen LogP) is -3.64. The number of carboxylic acids is 1. The fourth-order valence-electron chi connectivity index (χ4n) is 8.27. The molecule has 2 heterocycles. The van der Waals surface area contributed by atoms with Crippen LogP contribution in [0.5, 0.6) is 0 Å². The Bertz CT molecular complexity index is 2110. The molecule has 1 saturated heterocycles. The molecule has 0 saturated carbocycles. The summed E-state index contributed by atoms with van der Waals surface area (Å²) in [5, 5.41) is 28.5. The summed E-state index contributed by atoms with van der Waals surface area (Å²) in [6, 6.07) is -9.25. The molecule has 1 fully saturated rings. The molecule has 21 N–H and O–H groups in total. The Labute approximate surface area is 444 Å². The van der Waals surface area contributed by atoms with E-state index >= 15 is 0 Å². The monoisotopic (exact) mass is 1070 g/mol. The van der Waals surface area contributed by atoms with Gasteiger partial charge in [-0.15, -0.1) is 0 Å². The summed E-state index contributed by atoms with van der Waals surface area (Å²) in [6.07, 6.45) is 5.75. The van der Waals surface area contributed by atoms with Gasteiger partial charge < -0.3 is 86.6 Å². The third-order valence-corrected chi connectivity index (χ3v) is 12.3. The lowest BCUT2D eigenvalue weighted by Gasteiger charge is -2.29. The Kier molecular flexibility index (Phi) is 28.9. The summed E-state index contributed by atoms with van der Waals surface area (Å²) < 4.78 is 0. The molecule has 8 atom stereocenters. The number of nitrogens with one attached hydrogen (secondary N) is 8. The van der Waals surface area contributed by atoms with Crippen LogP contribution in [0.1, 0.15) is 118 Å². The lowest BCUT2D eigenvalue weighted by Crippen LogP contribution is -2.61. The highest BCUT2D eigenvalue weighted by Gasteiger charge is 2.38. The number of carboxylic acid groups (broad SMARTS) is 1. The smallest absolute Gasteiger partial charge is 0.326 e. The lowest BCUT2D eigenvalue weighted by atomic mass is 9.98. The predicted molar refractivity (Wildman–Crippen MR) is 284 cm³/mol. The van der Waals surface area contributed by atoms with Crippen molar-refractivity contribution in [3.05, 3.63) is 18.2 Å². The maximum atomic E-state index is 14.3. The zero-order chi connectivity index (χ0) is 57.1. The van der Waals surface area contributed by atoms with Gasteiger partial charge in [0.05, 0.1) is 18.9 Å². The fourth-order valence-corrected chi connectivity index (χ4v) is 8.27. The summed E-state index contributed by atoms with van der Waals surface area (Å²) in [7, 11) is 0. The quantitative estimate of drug-likeness (QED) is 0.0177. The van der Waals surface area contributed by atoms with E-state index in [-0.39, 0.29) is 94.8 Å². The second-order valence-corrected chi connectivity index (χ2v) is 20.2. The minimum Gasteiger partial charge on any atom is -0.480 e. The van der Waals surface area contributed by atoms with Gasteiger partial charge in [0.15, 0.2) is 11.9 Å². The van der Waals surface area contributed by atoms with Gasteiger partial charge in [0.1, 0.15) is 42.3 Å². The number of guanidine groups is 2. The van der Waals surface area contributed by atoms with E-state index in [4.69, 9.17) is 34.4 Å². The molecule has 76 heavy (non-hydrogen) atoms. The number of amides is 8. The fraction of sp³-hybridized carbons (Fsp3) is 0.708. The number of likely N-dealkylation sites (tertiary alicyclic amines) is 1. The molecule has 0 aliphatic carbocycles. The Morgan fingerprint density at radius 3 is 1.75 bits per heavy atom. The molecule has 0 bridgehead atoms. The van der Waals surface area contributed by atoms with Crippen molar-refractivity contribution in [2.75, 3.05) is 32.7 Å². The maximum absolute atomic E-state index is 14.3. The topological polar surface area (TPSA) is 471 Å². The summed E-state index contributed by atoms with van der Waals surface area (Å²) in [5.41, 5.74) is 33.7. The molecule has 1 aromatic rings. The first-order valence-electron chi connectivity index (χ1n) is 26.0. The molecule has 1 aliphatic rings. The molecule has 28 heteroatoms. The van der Waals surface area contributed by atoms with Crippen LogP contribution in [0, 0.1) is 17.8 Å². The zero-order valence-electron chi connectivity index (χ0n) is 44.9. The molecule has 0 unspecified atom stereocenters. The normalized spacial score (nSPS) is 16.0. The molecule has 2 rings (SSSR count).